The molecule has 0 radical (unpaired) electrons. The Morgan fingerprint density at radius 1 is 0.939 bits per heavy atom. The molecular weight excluding hydrogens is 416 g/mol. The van der Waals surface area contributed by atoms with Crippen LogP contribution >= 0.6 is 0 Å². The number of imidazole rings is 1. The zero-order valence-electron chi connectivity index (χ0n) is 18.3. The van der Waals surface area contributed by atoms with E-state index in [0.29, 0.717) is 17.0 Å². The third-order valence-electron chi connectivity index (χ3n) is 5.75. The van der Waals surface area contributed by atoms with E-state index in [1.54, 1.807) is 28.0 Å². The van der Waals surface area contributed by atoms with Crippen LogP contribution in [0.25, 0.3) is 28.1 Å². The Morgan fingerprint density at radius 2 is 1.61 bits per heavy atom. The van der Waals surface area contributed by atoms with E-state index in [9.17, 15) is 9.59 Å². The second-order valence-corrected chi connectivity index (χ2v) is 7.71. The number of amides is 1. The lowest BCUT2D eigenvalue weighted by Gasteiger charge is -2.18. The molecule has 0 bridgehead atoms. The molecule has 164 valence electrons. The summed E-state index contributed by atoms with van der Waals surface area (Å²) in [6.45, 7) is 0.0426. The predicted molar refractivity (Wildman–Crippen MR) is 129 cm³/mol. The van der Waals surface area contributed by atoms with Crippen LogP contribution in [0.3, 0.4) is 0 Å². The van der Waals surface area contributed by atoms with Crippen LogP contribution in [0.15, 0.2) is 89.7 Å². The maximum absolute atomic E-state index is 13.2. The highest BCUT2D eigenvalue weighted by atomic mass is 16.5. The molecule has 0 aliphatic rings. The molecule has 0 atom stereocenters. The topological polar surface area (TPSA) is 68.8 Å². The average Bonchev–Trinajstić information content (AvgIpc) is 3.18. The number of para-hydroxylation sites is 3. The number of hydrogen-bond donors (Lipinski definition) is 0. The number of nitrogens with zero attached hydrogens (tertiary/aromatic N) is 4. The minimum Gasteiger partial charge on any atom is -0.497 e. The summed E-state index contributed by atoms with van der Waals surface area (Å²) in [5.41, 5.74) is 3.40. The fraction of sp³-hybridized carbons (Fsp3) is 0.115. The van der Waals surface area contributed by atoms with E-state index >= 15 is 0 Å². The zero-order valence-corrected chi connectivity index (χ0v) is 18.3. The lowest BCUT2D eigenvalue weighted by Crippen LogP contribution is -2.30. The van der Waals surface area contributed by atoms with E-state index in [0.717, 1.165) is 22.5 Å². The van der Waals surface area contributed by atoms with Gasteiger partial charge in [-0.05, 0) is 48.5 Å². The fourth-order valence-electron chi connectivity index (χ4n) is 3.97. The van der Waals surface area contributed by atoms with Crippen LogP contribution in [-0.2, 0) is 11.3 Å². The first kappa shape index (κ1) is 20.5. The number of methoxy groups -OCH3 is 1. The Hall–Kier alpha value is -4.39. The molecule has 5 aromatic rings. The summed E-state index contributed by atoms with van der Waals surface area (Å²) >= 11 is 0. The van der Waals surface area contributed by atoms with Crippen molar-refractivity contribution in [2.75, 3.05) is 19.1 Å². The number of likely N-dealkylation sites (N-methyl/N-ethyl adjacent to an activating group) is 1. The summed E-state index contributed by atoms with van der Waals surface area (Å²) in [6, 6.07) is 25.9. The van der Waals surface area contributed by atoms with Gasteiger partial charge in [0, 0.05) is 24.4 Å². The Kier molecular flexibility index (Phi) is 5.14. The lowest BCUT2D eigenvalue weighted by molar-refractivity contribution is -0.118. The largest absolute Gasteiger partial charge is 0.497 e. The van der Waals surface area contributed by atoms with Gasteiger partial charge in [-0.1, -0.05) is 30.3 Å². The molecule has 2 aromatic heterocycles. The van der Waals surface area contributed by atoms with Crippen molar-refractivity contribution in [3.63, 3.8) is 0 Å². The molecule has 0 spiro atoms. The normalized spacial score (nSPS) is 11.1. The van der Waals surface area contributed by atoms with Crippen LogP contribution in [0.2, 0.25) is 0 Å². The molecule has 0 fully saturated rings. The van der Waals surface area contributed by atoms with Gasteiger partial charge in [0.25, 0.3) is 5.56 Å². The SMILES string of the molecule is COc1ccc(-c2cc(=O)n3c4ccccc4n(CC(=O)N(C)c4ccccc4)c3n2)cc1. The van der Waals surface area contributed by atoms with E-state index < -0.39 is 0 Å². The van der Waals surface area contributed by atoms with E-state index in [2.05, 4.69) is 0 Å². The molecular formula is C26H22N4O3. The number of aromatic nitrogens is 3. The van der Waals surface area contributed by atoms with Gasteiger partial charge in [-0.2, -0.15) is 0 Å². The van der Waals surface area contributed by atoms with E-state index in [1.165, 1.54) is 6.07 Å². The molecule has 7 nitrogen and oxygen atoms in total. The van der Waals surface area contributed by atoms with Gasteiger partial charge in [0.1, 0.15) is 12.3 Å². The number of benzene rings is 3. The second kappa shape index (κ2) is 8.27. The minimum absolute atomic E-state index is 0.0426. The van der Waals surface area contributed by atoms with Gasteiger partial charge in [0.05, 0.1) is 23.8 Å². The summed E-state index contributed by atoms with van der Waals surface area (Å²) in [6.07, 6.45) is 0. The smallest absolute Gasteiger partial charge is 0.260 e. The van der Waals surface area contributed by atoms with Crippen molar-refractivity contribution in [3.8, 4) is 17.0 Å². The quantitative estimate of drug-likeness (QED) is 0.416. The number of rotatable bonds is 5. The van der Waals surface area contributed by atoms with Crippen LogP contribution in [0, 0.1) is 0 Å². The Morgan fingerprint density at radius 3 is 2.30 bits per heavy atom. The molecule has 0 aliphatic carbocycles. The number of fused-ring (bicyclic) bond motifs is 3. The zero-order chi connectivity index (χ0) is 22.9. The van der Waals surface area contributed by atoms with Gasteiger partial charge in [0.2, 0.25) is 11.7 Å². The number of carbonyl (C=O) groups excluding carboxylic acids is 1. The fourth-order valence-corrected chi connectivity index (χ4v) is 3.97. The maximum Gasteiger partial charge on any atom is 0.260 e. The average molecular weight is 438 g/mol. The van der Waals surface area contributed by atoms with Crippen molar-refractivity contribution in [1.82, 2.24) is 14.0 Å². The summed E-state index contributed by atoms with van der Waals surface area (Å²) in [5, 5.41) is 0. The van der Waals surface area contributed by atoms with Crippen molar-refractivity contribution in [1.29, 1.82) is 0 Å². The first-order valence-electron chi connectivity index (χ1n) is 10.5. The van der Waals surface area contributed by atoms with Crippen molar-refractivity contribution in [3.05, 3.63) is 95.3 Å². The van der Waals surface area contributed by atoms with Crippen molar-refractivity contribution < 1.29 is 9.53 Å². The predicted octanol–water partition coefficient (Wildman–Crippen LogP) is 3.99. The van der Waals surface area contributed by atoms with Gasteiger partial charge in [-0.25, -0.2) is 9.38 Å². The summed E-state index contributed by atoms with van der Waals surface area (Å²) < 4.78 is 8.58. The highest BCUT2D eigenvalue weighted by Crippen LogP contribution is 2.24. The lowest BCUT2D eigenvalue weighted by atomic mass is 10.1. The number of anilines is 1. The molecule has 33 heavy (non-hydrogen) atoms. The van der Waals surface area contributed by atoms with Crippen LogP contribution in [0.1, 0.15) is 0 Å². The number of hydrogen-bond acceptors (Lipinski definition) is 4. The molecule has 5 rings (SSSR count). The minimum atomic E-state index is -0.204. The second-order valence-electron chi connectivity index (χ2n) is 7.71. The monoisotopic (exact) mass is 438 g/mol. The number of carbonyl (C=O) groups is 1. The molecule has 3 aromatic carbocycles. The van der Waals surface area contributed by atoms with Crippen molar-refractivity contribution in [2.45, 2.75) is 6.54 Å². The van der Waals surface area contributed by atoms with Crippen LogP contribution in [0.4, 0.5) is 5.69 Å². The van der Waals surface area contributed by atoms with Gasteiger partial charge < -0.3 is 14.2 Å². The molecule has 0 N–H and O–H groups in total. The Balaban J connectivity index is 1.65. The first-order chi connectivity index (χ1) is 16.1. The molecule has 1 amide bonds. The highest BCUT2D eigenvalue weighted by molar-refractivity contribution is 5.94. The molecule has 0 saturated heterocycles. The van der Waals surface area contributed by atoms with Gasteiger partial charge in [-0.3, -0.25) is 9.59 Å². The molecule has 2 heterocycles. The van der Waals surface area contributed by atoms with Gasteiger partial charge in [-0.15, -0.1) is 0 Å². The van der Waals surface area contributed by atoms with Crippen LogP contribution in [0.5, 0.6) is 5.75 Å². The summed E-state index contributed by atoms with van der Waals surface area (Å²) in [4.78, 5) is 32.7. The molecule has 0 saturated carbocycles. The van der Waals surface area contributed by atoms with Gasteiger partial charge >= 0.3 is 0 Å². The molecule has 0 aliphatic heterocycles. The Labute approximate surface area is 190 Å². The third-order valence-corrected chi connectivity index (χ3v) is 5.75. The first-order valence-corrected chi connectivity index (χ1v) is 10.5. The molecule has 7 heteroatoms. The summed E-state index contributed by atoms with van der Waals surface area (Å²) in [5.74, 6) is 1.03. The number of ether oxygens (including phenoxy) is 1. The van der Waals surface area contributed by atoms with Gasteiger partial charge in [0.15, 0.2) is 0 Å². The van der Waals surface area contributed by atoms with Crippen LogP contribution < -0.4 is 15.2 Å². The molecule has 0 unspecified atom stereocenters. The van der Waals surface area contributed by atoms with Crippen molar-refractivity contribution in [2.24, 2.45) is 0 Å². The van der Waals surface area contributed by atoms with Crippen LogP contribution in [-0.4, -0.2) is 34.0 Å². The van der Waals surface area contributed by atoms with Crippen molar-refractivity contribution >= 4 is 28.4 Å². The van der Waals surface area contributed by atoms with E-state index in [1.807, 2.05) is 78.9 Å². The third kappa shape index (κ3) is 3.63. The standard InChI is InChI=1S/C26H22N4O3/c1-28(19-8-4-3-5-9-19)25(32)17-29-22-10-6-7-11-23(22)30-24(31)16-21(27-26(29)30)18-12-14-20(33-2)15-13-18/h3-16H,17H2,1-2H3. The maximum atomic E-state index is 13.2. The van der Waals surface area contributed by atoms with E-state index in [-0.39, 0.29) is 18.0 Å². The Bertz CT molecular complexity index is 1520. The summed E-state index contributed by atoms with van der Waals surface area (Å²) in [7, 11) is 3.35. The highest BCUT2D eigenvalue weighted by Gasteiger charge is 2.19. The van der Waals surface area contributed by atoms with E-state index in [4.69, 9.17) is 9.72 Å².